The number of thioether (sulfide) groups is 1. The van der Waals surface area contributed by atoms with Gasteiger partial charge in [0, 0.05) is 11.3 Å². The SMILES string of the molecule is CCSCCOc1ccc2ccccc2c1CCN. The Morgan fingerprint density at radius 2 is 2.00 bits per heavy atom. The maximum absolute atomic E-state index is 5.92. The molecule has 0 bridgehead atoms. The molecular weight excluding hydrogens is 254 g/mol. The molecule has 3 heteroatoms. The molecule has 0 unspecified atom stereocenters. The maximum Gasteiger partial charge on any atom is 0.123 e. The minimum Gasteiger partial charge on any atom is -0.492 e. The molecule has 2 N–H and O–H groups in total. The number of hydrogen-bond donors (Lipinski definition) is 1. The lowest BCUT2D eigenvalue weighted by atomic mass is 10.0. The van der Waals surface area contributed by atoms with E-state index >= 15 is 0 Å². The molecule has 0 saturated carbocycles. The van der Waals surface area contributed by atoms with Gasteiger partial charge in [0.25, 0.3) is 0 Å². The first kappa shape index (κ1) is 14.2. The predicted octanol–water partition coefficient (Wildman–Crippen LogP) is 3.47. The van der Waals surface area contributed by atoms with Gasteiger partial charge in [0.2, 0.25) is 0 Å². The average Bonchev–Trinajstić information content (AvgIpc) is 2.45. The van der Waals surface area contributed by atoms with Gasteiger partial charge < -0.3 is 10.5 Å². The molecule has 0 aliphatic heterocycles. The van der Waals surface area contributed by atoms with Crippen LogP contribution >= 0.6 is 11.8 Å². The summed E-state index contributed by atoms with van der Waals surface area (Å²) in [4.78, 5) is 0. The number of benzene rings is 2. The van der Waals surface area contributed by atoms with Crippen LogP contribution in [0.2, 0.25) is 0 Å². The molecule has 0 saturated heterocycles. The molecular formula is C16H21NOS. The van der Waals surface area contributed by atoms with Crippen molar-refractivity contribution in [2.75, 3.05) is 24.7 Å². The molecule has 0 spiro atoms. The van der Waals surface area contributed by atoms with Crippen LogP contribution in [0.3, 0.4) is 0 Å². The second-order valence-electron chi connectivity index (χ2n) is 4.35. The molecule has 19 heavy (non-hydrogen) atoms. The van der Waals surface area contributed by atoms with E-state index in [9.17, 15) is 0 Å². The van der Waals surface area contributed by atoms with Crippen LogP contribution in [0.5, 0.6) is 5.75 Å². The molecule has 0 heterocycles. The van der Waals surface area contributed by atoms with Crippen molar-refractivity contribution >= 4 is 22.5 Å². The van der Waals surface area contributed by atoms with Crippen LogP contribution in [-0.4, -0.2) is 24.7 Å². The van der Waals surface area contributed by atoms with Crippen LogP contribution in [0.4, 0.5) is 0 Å². The molecule has 2 nitrogen and oxygen atoms in total. The van der Waals surface area contributed by atoms with Gasteiger partial charge in [-0.1, -0.05) is 37.3 Å². The van der Waals surface area contributed by atoms with Gasteiger partial charge in [-0.15, -0.1) is 0 Å². The number of fused-ring (bicyclic) bond motifs is 1. The Bertz CT molecular complexity index is 527. The molecule has 2 aromatic carbocycles. The third-order valence-corrected chi connectivity index (χ3v) is 3.94. The summed E-state index contributed by atoms with van der Waals surface area (Å²) < 4.78 is 5.92. The molecule has 0 aromatic heterocycles. The zero-order valence-electron chi connectivity index (χ0n) is 11.4. The largest absolute Gasteiger partial charge is 0.492 e. The first-order chi connectivity index (χ1) is 9.36. The summed E-state index contributed by atoms with van der Waals surface area (Å²) in [6, 6.07) is 12.6. The van der Waals surface area contributed by atoms with E-state index in [-0.39, 0.29) is 0 Å². The first-order valence-electron chi connectivity index (χ1n) is 6.78. The second-order valence-corrected chi connectivity index (χ2v) is 5.74. The Morgan fingerprint density at radius 3 is 2.79 bits per heavy atom. The van der Waals surface area contributed by atoms with Crippen LogP contribution in [0.15, 0.2) is 36.4 Å². The van der Waals surface area contributed by atoms with E-state index in [0.717, 1.165) is 30.3 Å². The van der Waals surface area contributed by atoms with Crippen LogP contribution in [-0.2, 0) is 6.42 Å². The highest BCUT2D eigenvalue weighted by Gasteiger charge is 2.07. The van der Waals surface area contributed by atoms with Crippen LogP contribution in [0.25, 0.3) is 10.8 Å². The fraction of sp³-hybridized carbons (Fsp3) is 0.375. The summed E-state index contributed by atoms with van der Waals surface area (Å²) in [6.45, 7) is 3.57. The van der Waals surface area contributed by atoms with Crippen molar-refractivity contribution < 1.29 is 4.74 Å². The van der Waals surface area contributed by atoms with Crippen molar-refractivity contribution in [3.05, 3.63) is 42.0 Å². The van der Waals surface area contributed by atoms with Gasteiger partial charge in [-0.25, -0.2) is 0 Å². The summed E-state index contributed by atoms with van der Waals surface area (Å²) in [7, 11) is 0. The molecule has 0 amide bonds. The molecule has 0 radical (unpaired) electrons. The molecule has 0 aliphatic rings. The Kier molecular flexibility index (Phi) is 5.55. The van der Waals surface area contributed by atoms with E-state index in [2.05, 4.69) is 43.3 Å². The number of rotatable bonds is 7. The topological polar surface area (TPSA) is 35.2 Å². The highest BCUT2D eigenvalue weighted by atomic mass is 32.2. The van der Waals surface area contributed by atoms with Crippen molar-refractivity contribution in [3.8, 4) is 5.75 Å². The lowest BCUT2D eigenvalue weighted by Crippen LogP contribution is -2.07. The quantitative estimate of drug-likeness (QED) is 0.786. The highest BCUT2D eigenvalue weighted by Crippen LogP contribution is 2.28. The smallest absolute Gasteiger partial charge is 0.123 e. The van der Waals surface area contributed by atoms with Crippen LogP contribution < -0.4 is 10.5 Å². The molecule has 2 rings (SSSR count). The van der Waals surface area contributed by atoms with Gasteiger partial charge in [-0.3, -0.25) is 0 Å². The lowest BCUT2D eigenvalue weighted by molar-refractivity contribution is 0.341. The van der Waals surface area contributed by atoms with Crippen molar-refractivity contribution in [1.29, 1.82) is 0 Å². The van der Waals surface area contributed by atoms with Gasteiger partial charge in [0.15, 0.2) is 0 Å². The van der Waals surface area contributed by atoms with Gasteiger partial charge in [0.1, 0.15) is 5.75 Å². The van der Waals surface area contributed by atoms with E-state index in [1.165, 1.54) is 16.3 Å². The standard InChI is InChI=1S/C16H21NOS/c1-2-19-12-11-18-16-8-7-13-5-3-4-6-14(13)15(16)9-10-17/h3-8H,2,9-12,17H2,1H3. The Balaban J connectivity index is 2.24. The number of hydrogen-bond acceptors (Lipinski definition) is 3. The van der Waals surface area contributed by atoms with Crippen molar-refractivity contribution in [1.82, 2.24) is 0 Å². The molecule has 2 aromatic rings. The summed E-state index contributed by atoms with van der Waals surface area (Å²) in [6.07, 6.45) is 0.859. The highest BCUT2D eigenvalue weighted by molar-refractivity contribution is 7.99. The fourth-order valence-electron chi connectivity index (χ4n) is 2.21. The molecule has 0 fully saturated rings. The lowest BCUT2D eigenvalue weighted by Gasteiger charge is -2.13. The van der Waals surface area contributed by atoms with E-state index in [4.69, 9.17) is 10.5 Å². The van der Waals surface area contributed by atoms with E-state index < -0.39 is 0 Å². The predicted molar refractivity (Wildman–Crippen MR) is 85.2 cm³/mol. The van der Waals surface area contributed by atoms with Crippen molar-refractivity contribution in [2.45, 2.75) is 13.3 Å². The Labute approximate surface area is 119 Å². The van der Waals surface area contributed by atoms with Gasteiger partial charge in [0.05, 0.1) is 6.61 Å². The second kappa shape index (κ2) is 7.41. The number of nitrogens with two attached hydrogens (primary N) is 1. The minimum absolute atomic E-state index is 0.647. The average molecular weight is 275 g/mol. The van der Waals surface area contributed by atoms with Crippen molar-refractivity contribution in [2.24, 2.45) is 5.73 Å². The van der Waals surface area contributed by atoms with Crippen LogP contribution in [0.1, 0.15) is 12.5 Å². The monoisotopic (exact) mass is 275 g/mol. The van der Waals surface area contributed by atoms with Gasteiger partial charge in [-0.2, -0.15) is 11.8 Å². The molecule has 0 aliphatic carbocycles. The van der Waals surface area contributed by atoms with Crippen molar-refractivity contribution in [3.63, 3.8) is 0 Å². The van der Waals surface area contributed by atoms with Gasteiger partial charge in [-0.05, 0) is 35.6 Å². The summed E-state index contributed by atoms with van der Waals surface area (Å²) in [5.41, 5.74) is 6.98. The Morgan fingerprint density at radius 1 is 1.16 bits per heavy atom. The zero-order chi connectivity index (χ0) is 13.5. The summed E-state index contributed by atoms with van der Waals surface area (Å²) in [5, 5.41) is 2.51. The minimum atomic E-state index is 0.647. The number of ether oxygens (including phenoxy) is 1. The fourth-order valence-corrected chi connectivity index (χ4v) is 2.70. The normalized spacial score (nSPS) is 10.8. The van der Waals surface area contributed by atoms with E-state index in [0.29, 0.717) is 6.54 Å². The third-order valence-electron chi connectivity index (χ3n) is 3.08. The van der Waals surface area contributed by atoms with E-state index in [1.54, 1.807) is 0 Å². The third kappa shape index (κ3) is 3.64. The Hall–Kier alpha value is -1.19. The first-order valence-corrected chi connectivity index (χ1v) is 7.93. The zero-order valence-corrected chi connectivity index (χ0v) is 12.2. The maximum atomic E-state index is 5.92. The van der Waals surface area contributed by atoms with Crippen LogP contribution in [0, 0.1) is 0 Å². The molecule has 102 valence electrons. The van der Waals surface area contributed by atoms with E-state index in [1.807, 2.05) is 11.8 Å². The summed E-state index contributed by atoms with van der Waals surface area (Å²) >= 11 is 1.90. The summed E-state index contributed by atoms with van der Waals surface area (Å²) in [5.74, 6) is 3.16. The van der Waals surface area contributed by atoms with Gasteiger partial charge >= 0.3 is 0 Å². The molecule has 0 atom stereocenters.